The first kappa shape index (κ1) is 17.8. The molecule has 1 aromatic heterocycles. The Bertz CT molecular complexity index is 700. The molecule has 2 aromatic rings. The number of nitrogens with zero attached hydrogens (tertiary/aromatic N) is 2. The molecule has 24 heavy (non-hydrogen) atoms. The molecule has 0 aliphatic rings. The van der Waals surface area contributed by atoms with Crippen molar-refractivity contribution in [2.75, 3.05) is 24.3 Å². The Morgan fingerprint density at radius 1 is 1.25 bits per heavy atom. The number of aryl methyl sites for hydroxylation is 1. The molecule has 0 aliphatic heterocycles. The summed E-state index contributed by atoms with van der Waals surface area (Å²) in [7, 11) is 3.40. The number of aromatic nitrogens is 1. The number of amides is 1. The molecule has 0 radical (unpaired) electrons. The Balaban J connectivity index is 2.13. The second-order valence-corrected chi connectivity index (χ2v) is 5.53. The zero-order valence-electron chi connectivity index (χ0n) is 13.4. The van der Waals surface area contributed by atoms with Crippen LogP contribution in [0.15, 0.2) is 42.7 Å². The molecule has 4 nitrogen and oxygen atoms in total. The fourth-order valence-electron chi connectivity index (χ4n) is 2.22. The number of pyridine rings is 1. The highest BCUT2D eigenvalue weighted by molar-refractivity contribution is 5.94. The lowest BCUT2D eigenvalue weighted by atomic mass is 10.1. The normalized spacial score (nSPS) is 11.2. The molecular weight excluding hydrogens is 319 g/mol. The Hall–Kier alpha value is -2.57. The van der Waals surface area contributed by atoms with E-state index in [1.165, 1.54) is 6.07 Å². The van der Waals surface area contributed by atoms with Gasteiger partial charge < -0.3 is 10.2 Å². The van der Waals surface area contributed by atoms with Gasteiger partial charge in [0.05, 0.1) is 16.9 Å². The van der Waals surface area contributed by atoms with Gasteiger partial charge in [-0.15, -0.1) is 0 Å². The Kier molecular flexibility index (Phi) is 5.43. The van der Waals surface area contributed by atoms with Gasteiger partial charge >= 0.3 is 6.18 Å². The van der Waals surface area contributed by atoms with Crippen molar-refractivity contribution in [2.24, 2.45) is 0 Å². The minimum absolute atomic E-state index is 0.144. The number of benzene rings is 1. The van der Waals surface area contributed by atoms with Crippen LogP contribution < -0.4 is 10.2 Å². The van der Waals surface area contributed by atoms with E-state index in [2.05, 4.69) is 10.3 Å². The van der Waals surface area contributed by atoms with Crippen molar-refractivity contribution in [1.29, 1.82) is 0 Å². The molecule has 0 saturated carbocycles. The molecular formula is C17H18F3N3O. The van der Waals surface area contributed by atoms with Crippen molar-refractivity contribution in [3.63, 3.8) is 0 Å². The van der Waals surface area contributed by atoms with E-state index < -0.39 is 11.7 Å². The van der Waals surface area contributed by atoms with Crippen LogP contribution in [0.25, 0.3) is 0 Å². The molecule has 1 amide bonds. The molecule has 0 fully saturated rings. The minimum Gasteiger partial charge on any atom is -0.376 e. The van der Waals surface area contributed by atoms with Gasteiger partial charge in [0.1, 0.15) is 0 Å². The first-order chi connectivity index (χ1) is 11.3. The van der Waals surface area contributed by atoms with Gasteiger partial charge in [-0.3, -0.25) is 9.78 Å². The van der Waals surface area contributed by atoms with E-state index in [1.807, 2.05) is 6.07 Å². The predicted octanol–water partition coefficient (Wildman–Crippen LogP) is 3.74. The van der Waals surface area contributed by atoms with Gasteiger partial charge in [-0.2, -0.15) is 13.2 Å². The van der Waals surface area contributed by atoms with Crippen molar-refractivity contribution >= 4 is 17.3 Å². The standard InChI is InChI=1S/C17H18F3N3O/c1-23(2)15-7-6-13(17(18,19)20)10-14(15)22-16(24)8-5-12-4-3-9-21-11-12/h3-4,6-7,9-11H,5,8H2,1-2H3,(H,22,24). The van der Waals surface area contributed by atoms with Crippen LogP contribution in [0.1, 0.15) is 17.5 Å². The zero-order chi connectivity index (χ0) is 17.7. The Morgan fingerprint density at radius 3 is 2.58 bits per heavy atom. The first-order valence-electron chi connectivity index (χ1n) is 7.34. The zero-order valence-corrected chi connectivity index (χ0v) is 13.4. The summed E-state index contributed by atoms with van der Waals surface area (Å²) in [6, 6.07) is 6.91. The molecule has 2 rings (SSSR count). The van der Waals surface area contributed by atoms with Crippen molar-refractivity contribution < 1.29 is 18.0 Å². The lowest BCUT2D eigenvalue weighted by Gasteiger charge is -2.19. The maximum atomic E-state index is 12.9. The summed E-state index contributed by atoms with van der Waals surface area (Å²) in [6.07, 6.45) is -0.539. The lowest BCUT2D eigenvalue weighted by molar-refractivity contribution is -0.137. The van der Waals surface area contributed by atoms with E-state index in [9.17, 15) is 18.0 Å². The third-order valence-corrected chi connectivity index (χ3v) is 3.44. The molecule has 0 atom stereocenters. The molecule has 1 aromatic carbocycles. The average Bonchev–Trinajstić information content (AvgIpc) is 2.53. The predicted molar refractivity (Wildman–Crippen MR) is 87.0 cm³/mol. The molecule has 7 heteroatoms. The molecule has 128 valence electrons. The summed E-state index contributed by atoms with van der Waals surface area (Å²) >= 11 is 0. The Morgan fingerprint density at radius 2 is 2.00 bits per heavy atom. The number of hydrogen-bond donors (Lipinski definition) is 1. The van der Waals surface area contributed by atoms with Gasteiger partial charge in [0.15, 0.2) is 0 Å². The van der Waals surface area contributed by atoms with Crippen molar-refractivity contribution in [3.05, 3.63) is 53.9 Å². The second kappa shape index (κ2) is 7.33. The fraction of sp³-hybridized carbons (Fsp3) is 0.294. The van der Waals surface area contributed by atoms with Crippen LogP contribution >= 0.6 is 0 Å². The van der Waals surface area contributed by atoms with Crippen LogP contribution in [0.3, 0.4) is 0 Å². The monoisotopic (exact) mass is 337 g/mol. The molecule has 0 saturated heterocycles. The molecule has 0 aliphatic carbocycles. The molecule has 0 spiro atoms. The fourth-order valence-corrected chi connectivity index (χ4v) is 2.22. The molecule has 1 N–H and O–H groups in total. The summed E-state index contributed by atoms with van der Waals surface area (Å²) < 4.78 is 38.6. The lowest BCUT2D eigenvalue weighted by Crippen LogP contribution is -2.18. The highest BCUT2D eigenvalue weighted by Crippen LogP contribution is 2.34. The number of anilines is 2. The molecule has 1 heterocycles. The largest absolute Gasteiger partial charge is 0.416 e. The summed E-state index contributed by atoms with van der Waals surface area (Å²) in [5.74, 6) is -0.346. The van der Waals surface area contributed by atoms with Crippen LogP contribution in [0.5, 0.6) is 0 Å². The van der Waals surface area contributed by atoms with E-state index in [4.69, 9.17) is 0 Å². The maximum absolute atomic E-state index is 12.9. The molecule has 0 unspecified atom stereocenters. The van der Waals surface area contributed by atoms with Crippen LogP contribution in [0, 0.1) is 0 Å². The van der Waals surface area contributed by atoms with E-state index in [0.29, 0.717) is 12.1 Å². The van der Waals surface area contributed by atoms with Crippen LogP contribution in [-0.2, 0) is 17.4 Å². The van der Waals surface area contributed by atoms with E-state index >= 15 is 0 Å². The average molecular weight is 337 g/mol. The number of alkyl halides is 3. The second-order valence-electron chi connectivity index (χ2n) is 5.53. The third kappa shape index (κ3) is 4.71. The highest BCUT2D eigenvalue weighted by Gasteiger charge is 2.31. The number of halogens is 3. The minimum atomic E-state index is -4.46. The highest BCUT2D eigenvalue weighted by atomic mass is 19.4. The van der Waals surface area contributed by atoms with E-state index in [0.717, 1.165) is 17.7 Å². The third-order valence-electron chi connectivity index (χ3n) is 3.44. The number of carbonyl (C=O) groups is 1. The van der Waals surface area contributed by atoms with Gasteiger partial charge in [0.25, 0.3) is 0 Å². The van der Waals surface area contributed by atoms with Crippen molar-refractivity contribution in [2.45, 2.75) is 19.0 Å². The number of carbonyl (C=O) groups excluding carboxylic acids is 1. The number of hydrogen-bond acceptors (Lipinski definition) is 3. The van der Waals surface area contributed by atoms with Crippen LogP contribution in [-0.4, -0.2) is 25.0 Å². The maximum Gasteiger partial charge on any atom is 0.416 e. The van der Waals surface area contributed by atoms with E-state index in [1.54, 1.807) is 37.5 Å². The van der Waals surface area contributed by atoms with Crippen LogP contribution in [0.4, 0.5) is 24.5 Å². The smallest absolute Gasteiger partial charge is 0.376 e. The summed E-state index contributed by atoms with van der Waals surface area (Å²) in [4.78, 5) is 17.7. The summed E-state index contributed by atoms with van der Waals surface area (Å²) in [5.41, 5.74) is 0.754. The van der Waals surface area contributed by atoms with Gasteiger partial charge in [-0.1, -0.05) is 6.07 Å². The SMILES string of the molecule is CN(C)c1ccc(C(F)(F)F)cc1NC(=O)CCc1cccnc1. The van der Waals surface area contributed by atoms with Gasteiger partial charge in [0, 0.05) is 32.9 Å². The van der Waals surface area contributed by atoms with Gasteiger partial charge in [0.2, 0.25) is 5.91 Å². The van der Waals surface area contributed by atoms with Gasteiger partial charge in [-0.05, 0) is 36.2 Å². The van der Waals surface area contributed by atoms with Crippen molar-refractivity contribution in [3.8, 4) is 0 Å². The van der Waals surface area contributed by atoms with Crippen molar-refractivity contribution in [1.82, 2.24) is 4.98 Å². The molecule has 0 bridgehead atoms. The number of nitrogens with one attached hydrogen (secondary N) is 1. The van der Waals surface area contributed by atoms with Crippen LogP contribution in [0.2, 0.25) is 0 Å². The topological polar surface area (TPSA) is 45.2 Å². The first-order valence-corrected chi connectivity index (χ1v) is 7.34. The van der Waals surface area contributed by atoms with E-state index in [-0.39, 0.29) is 18.0 Å². The number of rotatable bonds is 5. The quantitative estimate of drug-likeness (QED) is 0.904. The summed E-state index contributed by atoms with van der Waals surface area (Å²) in [5, 5.41) is 2.57. The van der Waals surface area contributed by atoms with Gasteiger partial charge in [-0.25, -0.2) is 0 Å². The Labute approximate surface area is 138 Å². The summed E-state index contributed by atoms with van der Waals surface area (Å²) in [6.45, 7) is 0.